The Morgan fingerprint density at radius 3 is 2.60 bits per heavy atom. The molecule has 1 N–H and O–H groups in total. The van der Waals surface area contributed by atoms with Crippen molar-refractivity contribution >= 4 is 10.8 Å². The van der Waals surface area contributed by atoms with E-state index in [0.29, 0.717) is 6.04 Å². The summed E-state index contributed by atoms with van der Waals surface area (Å²) in [7, 11) is 0. The highest BCUT2D eigenvalue weighted by Gasteiger charge is 2.08. The van der Waals surface area contributed by atoms with Crippen LogP contribution in [0.1, 0.15) is 25.8 Å². The van der Waals surface area contributed by atoms with E-state index in [0.717, 1.165) is 32.6 Å². The van der Waals surface area contributed by atoms with Crippen LogP contribution in [0.5, 0.6) is 0 Å². The molecule has 0 saturated carbocycles. The van der Waals surface area contributed by atoms with Gasteiger partial charge in [0.25, 0.3) is 0 Å². The van der Waals surface area contributed by atoms with Crippen LogP contribution in [0, 0.1) is 0 Å². The summed E-state index contributed by atoms with van der Waals surface area (Å²) in [5.41, 5.74) is 1.39. The minimum Gasteiger partial charge on any atom is -0.382 e. The Morgan fingerprint density at radius 2 is 1.85 bits per heavy atom. The van der Waals surface area contributed by atoms with Gasteiger partial charge in [-0.15, -0.1) is 0 Å². The molecule has 2 aromatic rings. The molecule has 2 aromatic carbocycles. The highest BCUT2D eigenvalue weighted by atomic mass is 16.5. The van der Waals surface area contributed by atoms with Crippen molar-refractivity contribution in [3.05, 3.63) is 48.0 Å². The predicted octanol–water partition coefficient (Wildman–Crippen LogP) is 3.79. The fourth-order valence-corrected chi connectivity index (χ4v) is 2.59. The molecule has 1 unspecified atom stereocenters. The molecule has 20 heavy (non-hydrogen) atoms. The summed E-state index contributed by atoms with van der Waals surface area (Å²) in [5, 5.41) is 6.19. The van der Waals surface area contributed by atoms with E-state index < -0.39 is 0 Å². The first-order valence-corrected chi connectivity index (χ1v) is 7.62. The minimum atomic E-state index is 0.493. The largest absolute Gasteiger partial charge is 0.382 e. The van der Waals surface area contributed by atoms with Crippen LogP contribution in [-0.2, 0) is 11.2 Å². The summed E-state index contributed by atoms with van der Waals surface area (Å²) >= 11 is 0. The van der Waals surface area contributed by atoms with Gasteiger partial charge in [-0.25, -0.2) is 0 Å². The van der Waals surface area contributed by atoms with Crippen molar-refractivity contribution in [3.63, 3.8) is 0 Å². The van der Waals surface area contributed by atoms with E-state index in [4.69, 9.17) is 4.74 Å². The summed E-state index contributed by atoms with van der Waals surface area (Å²) in [6, 6.07) is 15.8. The van der Waals surface area contributed by atoms with Crippen LogP contribution in [0.15, 0.2) is 42.5 Å². The van der Waals surface area contributed by atoms with Crippen LogP contribution in [0.4, 0.5) is 0 Å². The molecule has 2 rings (SSSR count). The van der Waals surface area contributed by atoms with Gasteiger partial charge >= 0.3 is 0 Å². The topological polar surface area (TPSA) is 21.3 Å². The second-order valence-corrected chi connectivity index (χ2v) is 5.13. The molecular formula is C18H25NO. The lowest BCUT2D eigenvalue weighted by molar-refractivity contribution is 0.136. The van der Waals surface area contributed by atoms with E-state index in [2.05, 4.69) is 54.7 Å². The van der Waals surface area contributed by atoms with Crippen LogP contribution in [0.2, 0.25) is 0 Å². The number of benzene rings is 2. The molecule has 1 atom stereocenters. The quantitative estimate of drug-likeness (QED) is 0.738. The lowest BCUT2D eigenvalue weighted by atomic mass is 10.00. The van der Waals surface area contributed by atoms with Gasteiger partial charge in [-0.2, -0.15) is 0 Å². The van der Waals surface area contributed by atoms with Crippen LogP contribution in [0.3, 0.4) is 0 Å². The molecule has 0 radical (unpaired) electrons. The van der Waals surface area contributed by atoms with E-state index >= 15 is 0 Å². The average Bonchev–Trinajstić information content (AvgIpc) is 2.47. The van der Waals surface area contributed by atoms with Crippen LogP contribution in [0.25, 0.3) is 10.8 Å². The molecule has 0 aromatic heterocycles. The van der Waals surface area contributed by atoms with Gasteiger partial charge in [0.2, 0.25) is 0 Å². The maximum absolute atomic E-state index is 5.48. The van der Waals surface area contributed by atoms with Gasteiger partial charge < -0.3 is 10.1 Å². The van der Waals surface area contributed by atoms with Crippen molar-refractivity contribution in [2.75, 3.05) is 19.8 Å². The van der Waals surface area contributed by atoms with E-state index in [9.17, 15) is 0 Å². The lowest BCUT2D eigenvalue weighted by Crippen LogP contribution is -2.32. The van der Waals surface area contributed by atoms with Gasteiger partial charge in [0, 0.05) is 19.3 Å². The third-order valence-corrected chi connectivity index (χ3v) is 3.60. The summed E-state index contributed by atoms with van der Waals surface area (Å²) in [4.78, 5) is 0. The molecule has 2 heteroatoms. The maximum Gasteiger partial charge on any atom is 0.0480 e. The van der Waals surface area contributed by atoms with Crippen molar-refractivity contribution < 1.29 is 4.74 Å². The van der Waals surface area contributed by atoms with Crippen LogP contribution in [-0.4, -0.2) is 25.8 Å². The third kappa shape index (κ3) is 4.32. The number of fused-ring (bicyclic) bond motifs is 1. The number of likely N-dealkylation sites (N-methyl/N-ethyl adjacent to an activating group) is 1. The van der Waals surface area contributed by atoms with E-state index in [1.165, 1.54) is 16.3 Å². The monoisotopic (exact) mass is 271 g/mol. The molecule has 0 bridgehead atoms. The fraction of sp³-hybridized carbons (Fsp3) is 0.444. The van der Waals surface area contributed by atoms with Crippen molar-refractivity contribution in [2.24, 2.45) is 0 Å². The van der Waals surface area contributed by atoms with E-state index in [1.807, 2.05) is 6.92 Å². The minimum absolute atomic E-state index is 0.493. The first kappa shape index (κ1) is 15.0. The second kappa shape index (κ2) is 8.03. The Hall–Kier alpha value is -1.38. The number of hydrogen-bond donors (Lipinski definition) is 1. The van der Waals surface area contributed by atoms with Gasteiger partial charge in [0.05, 0.1) is 0 Å². The number of rotatable bonds is 8. The van der Waals surface area contributed by atoms with Gasteiger partial charge in [0.15, 0.2) is 0 Å². The van der Waals surface area contributed by atoms with Gasteiger partial charge in [0.1, 0.15) is 0 Å². The standard InChI is InChI=1S/C18H25NO/c1-3-19-18(11-12-20-4-2)14-15-9-10-16-7-5-6-8-17(16)13-15/h5-10,13,18-19H,3-4,11-12,14H2,1-2H3. The van der Waals surface area contributed by atoms with Gasteiger partial charge in [-0.05, 0) is 42.6 Å². The SMILES string of the molecule is CCNC(CCOCC)Cc1ccc2ccccc2c1. The predicted molar refractivity (Wildman–Crippen MR) is 86.2 cm³/mol. The van der Waals surface area contributed by atoms with E-state index in [-0.39, 0.29) is 0 Å². The molecule has 0 saturated heterocycles. The zero-order valence-corrected chi connectivity index (χ0v) is 12.6. The normalized spacial score (nSPS) is 12.7. The summed E-state index contributed by atoms with van der Waals surface area (Å²) < 4.78 is 5.48. The highest BCUT2D eigenvalue weighted by Crippen LogP contribution is 2.17. The van der Waals surface area contributed by atoms with Gasteiger partial charge in [-0.3, -0.25) is 0 Å². The zero-order valence-electron chi connectivity index (χ0n) is 12.6. The first-order valence-electron chi connectivity index (χ1n) is 7.62. The van der Waals surface area contributed by atoms with Gasteiger partial charge in [-0.1, -0.05) is 49.4 Å². The molecular weight excluding hydrogens is 246 g/mol. The summed E-state index contributed by atoms with van der Waals surface area (Å²) in [6.45, 7) is 6.85. The molecule has 0 aliphatic carbocycles. The van der Waals surface area contributed by atoms with Crippen molar-refractivity contribution in [1.29, 1.82) is 0 Å². The zero-order chi connectivity index (χ0) is 14.2. The lowest BCUT2D eigenvalue weighted by Gasteiger charge is -2.18. The molecule has 0 fully saturated rings. The molecule has 0 aliphatic rings. The Balaban J connectivity index is 2.03. The van der Waals surface area contributed by atoms with Crippen molar-refractivity contribution in [2.45, 2.75) is 32.7 Å². The smallest absolute Gasteiger partial charge is 0.0480 e. The maximum atomic E-state index is 5.48. The first-order chi connectivity index (χ1) is 9.83. The number of ether oxygens (including phenoxy) is 1. The molecule has 0 heterocycles. The summed E-state index contributed by atoms with van der Waals surface area (Å²) in [5.74, 6) is 0. The molecule has 0 aliphatic heterocycles. The fourth-order valence-electron chi connectivity index (χ4n) is 2.59. The Kier molecular flexibility index (Phi) is 6.03. The van der Waals surface area contributed by atoms with Crippen molar-refractivity contribution in [1.82, 2.24) is 5.32 Å². The molecule has 0 amide bonds. The number of nitrogens with one attached hydrogen (secondary N) is 1. The molecule has 108 valence electrons. The van der Waals surface area contributed by atoms with Crippen LogP contribution < -0.4 is 5.32 Å². The summed E-state index contributed by atoms with van der Waals surface area (Å²) in [6.07, 6.45) is 2.13. The second-order valence-electron chi connectivity index (χ2n) is 5.13. The van der Waals surface area contributed by atoms with E-state index in [1.54, 1.807) is 0 Å². The molecule has 2 nitrogen and oxygen atoms in total. The highest BCUT2D eigenvalue weighted by molar-refractivity contribution is 5.82. The Morgan fingerprint density at radius 1 is 1.05 bits per heavy atom. The number of hydrogen-bond acceptors (Lipinski definition) is 2. The van der Waals surface area contributed by atoms with Crippen LogP contribution >= 0.6 is 0 Å². The molecule has 0 spiro atoms. The third-order valence-electron chi connectivity index (χ3n) is 3.60. The average molecular weight is 271 g/mol. The Bertz CT molecular complexity index is 524. The Labute approximate surface area is 122 Å². The van der Waals surface area contributed by atoms with Crippen molar-refractivity contribution in [3.8, 4) is 0 Å².